The number of carbonyl (C=O) groups excluding carboxylic acids is 2. The molecule has 142 valence electrons. The molecule has 0 heterocycles. The topological polar surface area (TPSA) is 146 Å². The van der Waals surface area contributed by atoms with Crippen molar-refractivity contribution in [2.24, 2.45) is 17.4 Å². The third-order valence-electron chi connectivity index (χ3n) is 3.90. The second kappa shape index (κ2) is 10.9. The van der Waals surface area contributed by atoms with Gasteiger partial charge in [0.2, 0.25) is 5.91 Å². The van der Waals surface area contributed by atoms with E-state index < -0.39 is 6.04 Å². The van der Waals surface area contributed by atoms with Crippen LogP contribution in [-0.4, -0.2) is 43.3 Å². The van der Waals surface area contributed by atoms with Crippen molar-refractivity contribution in [1.82, 2.24) is 16.0 Å². The van der Waals surface area contributed by atoms with Crippen LogP contribution in [0.1, 0.15) is 12.5 Å². The largest absolute Gasteiger partial charge is 0.380 e. The quantitative estimate of drug-likeness (QED) is 0.231. The average Bonchev–Trinajstić information content (AvgIpc) is 2.61. The minimum absolute atomic E-state index is 0.00631. The third-order valence-corrected chi connectivity index (χ3v) is 3.90. The zero-order chi connectivity index (χ0) is 19.5. The first-order chi connectivity index (χ1) is 12.3. The standard InChI is InChI=1S/C18H28N6O2/c1-12(15(9-19)8-14-6-4-3-5-7-14)22-11-17(26)24-16(13(2)25)10-23-18(20)21/h3-7,15-16,22H,1,8-11,19H2,2H3,(H,24,26)(H4,20,21,23). The predicted molar refractivity (Wildman–Crippen MR) is 102 cm³/mol. The molecule has 1 aromatic carbocycles. The normalized spacial score (nSPS) is 12.5. The fraction of sp³-hybridized carbons (Fsp3) is 0.389. The number of hydrogen-bond donors (Lipinski definition) is 6. The van der Waals surface area contributed by atoms with E-state index in [4.69, 9.17) is 16.9 Å². The molecule has 0 saturated heterocycles. The van der Waals surface area contributed by atoms with E-state index in [2.05, 4.69) is 22.5 Å². The second-order valence-corrected chi connectivity index (χ2v) is 6.03. The molecule has 1 amide bonds. The minimum Gasteiger partial charge on any atom is -0.380 e. The van der Waals surface area contributed by atoms with Crippen LogP contribution in [0.25, 0.3) is 0 Å². The van der Waals surface area contributed by atoms with Crippen LogP contribution >= 0.6 is 0 Å². The van der Waals surface area contributed by atoms with Crippen molar-refractivity contribution >= 4 is 17.6 Å². The van der Waals surface area contributed by atoms with Gasteiger partial charge in [-0.15, -0.1) is 0 Å². The summed E-state index contributed by atoms with van der Waals surface area (Å²) < 4.78 is 0. The van der Waals surface area contributed by atoms with E-state index in [1.54, 1.807) is 0 Å². The molecule has 0 radical (unpaired) electrons. The lowest BCUT2D eigenvalue weighted by atomic mass is 9.97. The number of guanidine groups is 1. The zero-order valence-corrected chi connectivity index (χ0v) is 15.0. The van der Waals surface area contributed by atoms with Gasteiger partial charge in [-0.2, -0.15) is 0 Å². The summed E-state index contributed by atoms with van der Waals surface area (Å²) in [5.41, 5.74) is 12.8. The number of amides is 1. The molecule has 0 aromatic heterocycles. The molecule has 2 atom stereocenters. The number of rotatable bonds is 11. The summed E-state index contributed by atoms with van der Waals surface area (Å²) in [4.78, 5) is 23.6. The first-order valence-electron chi connectivity index (χ1n) is 8.37. The summed E-state index contributed by atoms with van der Waals surface area (Å²) in [5.74, 6) is -0.848. The number of hydrogen-bond acceptors (Lipinski definition) is 5. The number of ketones is 1. The molecule has 0 aliphatic heterocycles. The third kappa shape index (κ3) is 7.80. The Morgan fingerprint density at radius 2 is 1.88 bits per heavy atom. The highest BCUT2D eigenvalue weighted by Gasteiger charge is 2.18. The van der Waals surface area contributed by atoms with Crippen LogP contribution in [0.15, 0.2) is 42.6 Å². The van der Waals surface area contributed by atoms with Gasteiger partial charge in [0.25, 0.3) is 0 Å². The van der Waals surface area contributed by atoms with E-state index in [1.165, 1.54) is 6.92 Å². The molecule has 0 aliphatic carbocycles. The number of Topliss-reactive ketones (excluding diaryl/α,β-unsaturated/α-hetero) is 1. The molecule has 1 aromatic rings. The van der Waals surface area contributed by atoms with Gasteiger partial charge in [0.1, 0.15) is 6.04 Å². The van der Waals surface area contributed by atoms with Gasteiger partial charge >= 0.3 is 0 Å². The number of carbonyl (C=O) groups is 2. The Bertz CT molecular complexity index is 632. The maximum Gasteiger partial charge on any atom is 0.239 e. The van der Waals surface area contributed by atoms with Gasteiger partial charge in [-0.05, 0) is 18.9 Å². The van der Waals surface area contributed by atoms with Crippen LogP contribution in [0.4, 0.5) is 0 Å². The Balaban J connectivity index is 2.49. The van der Waals surface area contributed by atoms with Crippen LogP contribution in [0.3, 0.4) is 0 Å². The molecular formula is C18H28N6O2. The lowest BCUT2D eigenvalue weighted by molar-refractivity contribution is -0.126. The first-order valence-corrected chi connectivity index (χ1v) is 8.37. The Kier molecular flexibility index (Phi) is 8.86. The summed E-state index contributed by atoms with van der Waals surface area (Å²) in [6, 6.07) is 9.15. The highest BCUT2D eigenvalue weighted by Crippen LogP contribution is 2.12. The Labute approximate surface area is 153 Å². The molecule has 1 rings (SSSR count). The van der Waals surface area contributed by atoms with Crippen molar-refractivity contribution in [1.29, 1.82) is 5.41 Å². The average molecular weight is 360 g/mol. The van der Waals surface area contributed by atoms with Crippen LogP contribution in [0, 0.1) is 11.3 Å². The fourth-order valence-corrected chi connectivity index (χ4v) is 2.34. The summed E-state index contributed by atoms with van der Waals surface area (Å²) in [6.45, 7) is 5.79. The first kappa shape index (κ1) is 21.2. The maximum atomic E-state index is 12.1. The van der Waals surface area contributed by atoms with E-state index in [0.29, 0.717) is 12.2 Å². The van der Waals surface area contributed by atoms with Gasteiger partial charge in [-0.1, -0.05) is 36.9 Å². The summed E-state index contributed by atoms with van der Waals surface area (Å²) >= 11 is 0. The highest BCUT2D eigenvalue weighted by atomic mass is 16.2. The monoisotopic (exact) mass is 360 g/mol. The Hall–Kier alpha value is -2.87. The Morgan fingerprint density at radius 3 is 2.42 bits per heavy atom. The van der Waals surface area contributed by atoms with Gasteiger partial charge in [0.05, 0.1) is 6.54 Å². The number of benzene rings is 1. The molecule has 0 saturated carbocycles. The lowest BCUT2D eigenvalue weighted by Gasteiger charge is -2.21. The van der Waals surface area contributed by atoms with Gasteiger partial charge in [0, 0.05) is 24.7 Å². The molecule has 8 N–H and O–H groups in total. The molecule has 0 spiro atoms. The second-order valence-electron chi connectivity index (χ2n) is 6.03. The maximum absolute atomic E-state index is 12.1. The molecular weight excluding hydrogens is 332 g/mol. The van der Waals surface area contributed by atoms with E-state index in [9.17, 15) is 9.59 Å². The van der Waals surface area contributed by atoms with Crippen molar-refractivity contribution in [2.45, 2.75) is 19.4 Å². The lowest BCUT2D eigenvalue weighted by Crippen LogP contribution is -2.50. The van der Waals surface area contributed by atoms with E-state index in [0.717, 1.165) is 12.0 Å². The Morgan fingerprint density at radius 1 is 1.23 bits per heavy atom. The molecule has 8 heteroatoms. The van der Waals surface area contributed by atoms with Gasteiger partial charge in [-0.25, -0.2) is 0 Å². The van der Waals surface area contributed by atoms with Crippen LogP contribution in [0.5, 0.6) is 0 Å². The fourth-order valence-electron chi connectivity index (χ4n) is 2.34. The molecule has 0 fully saturated rings. The molecule has 0 bridgehead atoms. The van der Waals surface area contributed by atoms with E-state index >= 15 is 0 Å². The van der Waals surface area contributed by atoms with E-state index in [1.807, 2.05) is 30.3 Å². The summed E-state index contributed by atoms with van der Waals surface area (Å²) in [7, 11) is 0. The van der Waals surface area contributed by atoms with Gasteiger partial charge in [0.15, 0.2) is 11.7 Å². The van der Waals surface area contributed by atoms with Crippen molar-refractivity contribution in [2.75, 3.05) is 19.6 Å². The predicted octanol–water partition coefficient (Wildman–Crippen LogP) is -0.536. The summed E-state index contributed by atoms with van der Waals surface area (Å²) in [6.07, 6.45) is 0.726. The summed E-state index contributed by atoms with van der Waals surface area (Å²) in [5, 5.41) is 15.2. The molecule has 8 nitrogen and oxygen atoms in total. The van der Waals surface area contributed by atoms with Gasteiger partial charge in [-0.3, -0.25) is 15.0 Å². The van der Waals surface area contributed by atoms with Crippen LogP contribution in [0.2, 0.25) is 0 Å². The molecule has 2 unspecified atom stereocenters. The highest BCUT2D eigenvalue weighted by molar-refractivity contribution is 5.89. The van der Waals surface area contributed by atoms with Crippen molar-refractivity contribution in [3.05, 3.63) is 48.2 Å². The number of nitrogens with two attached hydrogens (primary N) is 2. The van der Waals surface area contributed by atoms with Crippen molar-refractivity contribution in [3.8, 4) is 0 Å². The van der Waals surface area contributed by atoms with Crippen LogP contribution in [-0.2, 0) is 16.0 Å². The van der Waals surface area contributed by atoms with Crippen molar-refractivity contribution < 1.29 is 9.59 Å². The minimum atomic E-state index is -0.754. The van der Waals surface area contributed by atoms with Crippen molar-refractivity contribution in [3.63, 3.8) is 0 Å². The smallest absolute Gasteiger partial charge is 0.239 e. The number of nitrogens with one attached hydrogen (secondary N) is 4. The van der Waals surface area contributed by atoms with Crippen LogP contribution < -0.4 is 27.4 Å². The molecule has 0 aliphatic rings. The van der Waals surface area contributed by atoms with Gasteiger partial charge < -0.3 is 27.4 Å². The SMILES string of the molecule is C=C(NCC(=O)NC(CNC(=N)N)C(C)=O)C(CN)Cc1ccccc1. The molecule has 26 heavy (non-hydrogen) atoms. The zero-order valence-electron chi connectivity index (χ0n) is 15.0. The van der Waals surface area contributed by atoms with E-state index in [-0.39, 0.29) is 36.7 Å².